The number of phenols is 1. The third-order valence-corrected chi connectivity index (χ3v) is 6.74. The molecule has 1 aromatic rings. The van der Waals surface area contributed by atoms with Gasteiger partial charge in [0.2, 0.25) is 0 Å². The van der Waals surface area contributed by atoms with Gasteiger partial charge in [0, 0.05) is 22.9 Å². The maximum atomic E-state index is 13.7. The topological polar surface area (TPSA) is 111 Å². The predicted octanol–water partition coefficient (Wildman–Crippen LogP) is 4.01. The zero-order valence-corrected chi connectivity index (χ0v) is 20.9. The van der Waals surface area contributed by atoms with E-state index in [1.807, 2.05) is 13.8 Å². The average molecular weight is 492 g/mol. The molecule has 0 saturated heterocycles. The van der Waals surface area contributed by atoms with Gasteiger partial charge in [0.15, 0.2) is 17.3 Å². The van der Waals surface area contributed by atoms with Crippen LogP contribution in [0.2, 0.25) is 5.02 Å². The van der Waals surface area contributed by atoms with Crippen LogP contribution in [0.5, 0.6) is 11.5 Å². The van der Waals surface area contributed by atoms with Crippen LogP contribution in [0.1, 0.15) is 52.0 Å². The zero-order chi connectivity index (χ0) is 25.3. The first-order valence-corrected chi connectivity index (χ1v) is 11.5. The summed E-state index contributed by atoms with van der Waals surface area (Å²) in [5.41, 5.74) is 2.13. The van der Waals surface area contributed by atoms with Crippen molar-refractivity contribution in [2.45, 2.75) is 52.6 Å². The summed E-state index contributed by atoms with van der Waals surface area (Å²) in [7, 11) is 2.62. The largest absolute Gasteiger partial charge is 0.503 e. The van der Waals surface area contributed by atoms with Gasteiger partial charge in [-0.05, 0) is 50.3 Å². The first kappa shape index (κ1) is 25.6. The third-order valence-electron chi connectivity index (χ3n) is 6.45. The molecule has 34 heavy (non-hydrogen) atoms. The number of benzene rings is 1. The molecule has 1 heterocycles. The summed E-state index contributed by atoms with van der Waals surface area (Å²) in [5.74, 6) is -3.99. The van der Waals surface area contributed by atoms with E-state index in [4.69, 9.17) is 25.8 Å². The summed E-state index contributed by atoms with van der Waals surface area (Å²) in [6.07, 6.45) is 0.682. The lowest BCUT2D eigenvalue weighted by atomic mass is 9.69. The molecule has 0 aromatic heterocycles. The number of hydrogen-bond acceptors (Lipinski definition) is 8. The van der Waals surface area contributed by atoms with Gasteiger partial charge in [-0.2, -0.15) is 0 Å². The van der Waals surface area contributed by atoms with Crippen LogP contribution in [0.25, 0.3) is 0 Å². The quantitative estimate of drug-likeness (QED) is 0.453. The van der Waals surface area contributed by atoms with Crippen molar-refractivity contribution in [2.24, 2.45) is 11.8 Å². The molecule has 3 rings (SSSR count). The van der Waals surface area contributed by atoms with Crippen LogP contribution in [0.3, 0.4) is 0 Å². The van der Waals surface area contributed by atoms with Crippen molar-refractivity contribution in [1.29, 1.82) is 0 Å². The normalized spacial score (nSPS) is 23.1. The van der Waals surface area contributed by atoms with Crippen LogP contribution in [0.15, 0.2) is 34.7 Å². The molecule has 0 saturated carbocycles. The van der Waals surface area contributed by atoms with Gasteiger partial charge in [0.05, 0.1) is 30.9 Å². The molecule has 0 radical (unpaired) electrons. The Balaban J connectivity index is 2.25. The maximum Gasteiger partial charge on any atom is 0.337 e. The zero-order valence-electron chi connectivity index (χ0n) is 20.2. The molecule has 1 aliphatic heterocycles. The Bertz CT molecular complexity index is 1090. The van der Waals surface area contributed by atoms with Crippen molar-refractivity contribution in [3.8, 4) is 11.5 Å². The Morgan fingerprint density at radius 3 is 2.56 bits per heavy atom. The second kappa shape index (κ2) is 10.1. The molecule has 2 aliphatic rings. The monoisotopic (exact) mass is 491 g/mol. The van der Waals surface area contributed by atoms with Crippen LogP contribution >= 0.6 is 11.6 Å². The van der Waals surface area contributed by atoms with E-state index < -0.39 is 29.6 Å². The molecular weight excluding hydrogens is 462 g/mol. The van der Waals surface area contributed by atoms with E-state index in [9.17, 15) is 19.5 Å². The highest BCUT2D eigenvalue weighted by Crippen LogP contribution is 2.48. The summed E-state index contributed by atoms with van der Waals surface area (Å²) >= 11 is 6.27. The lowest BCUT2D eigenvalue weighted by Gasteiger charge is -2.38. The molecule has 1 aliphatic carbocycles. The van der Waals surface area contributed by atoms with Crippen LogP contribution in [-0.2, 0) is 23.9 Å². The average Bonchev–Trinajstić information content (AvgIpc) is 2.79. The molecule has 8 nitrogen and oxygen atoms in total. The van der Waals surface area contributed by atoms with Gasteiger partial charge in [0.25, 0.3) is 0 Å². The van der Waals surface area contributed by atoms with Crippen molar-refractivity contribution >= 4 is 29.3 Å². The number of allylic oxidation sites excluding steroid dienone is 3. The van der Waals surface area contributed by atoms with Crippen molar-refractivity contribution in [3.05, 3.63) is 45.3 Å². The van der Waals surface area contributed by atoms with Crippen LogP contribution < -0.4 is 10.1 Å². The van der Waals surface area contributed by atoms with Gasteiger partial charge >= 0.3 is 11.9 Å². The number of carbonyl (C=O) groups excluding carboxylic acids is 3. The van der Waals surface area contributed by atoms with Gasteiger partial charge in [-0.1, -0.05) is 25.4 Å². The van der Waals surface area contributed by atoms with E-state index in [-0.39, 0.29) is 39.7 Å². The van der Waals surface area contributed by atoms with Crippen molar-refractivity contribution in [3.63, 3.8) is 0 Å². The van der Waals surface area contributed by atoms with Crippen molar-refractivity contribution < 1.29 is 33.7 Å². The summed E-state index contributed by atoms with van der Waals surface area (Å²) in [5, 5.41) is 13.5. The molecule has 1 aromatic carbocycles. The number of nitrogens with one attached hydrogen (secondary N) is 1. The van der Waals surface area contributed by atoms with Gasteiger partial charge in [0.1, 0.15) is 5.92 Å². The number of dihydropyridines is 1. The highest BCUT2D eigenvalue weighted by molar-refractivity contribution is 6.32. The van der Waals surface area contributed by atoms with Crippen LogP contribution in [-0.4, -0.2) is 43.2 Å². The lowest BCUT2D eigenvalue weighted by Crippen LogP contribution is -2.43. The first-order valence-electron chi connectivity index (χ1n) is 11.2. The molecule has 0 amide bonds. The molecule has 2 N–H and O–H groups in total. The molecule has 184 valence electrons. The number of hydrogen-bond donors (Lipinski definition) is 2. The minimum absolute atomic E-state index is 0.00322. The summed E-state index contributed by atoms with van der Waals surface area (Å²) in [6, 6.07) is 3.02. The predicted molar refractivity (Wildman–Crippen MR) is 125 cm³/mol. The minimum atomic E-state index is -1.01. The fraction of sp³-hybridized carbons (Fsp3) is 0.480. The smallest absolute Gasteiger partial charge is 0.337 e. The Morgan fingerprint density at radius 1 is 1.29 bits per heavy atom. The number of halogens is 1. The van der Waals surface area contributed by atoms with Crippen molar-refractivity contribution in [1.82, 2.24) is 5.32 Å². The Labute approximate surface area is 203 Å². The molecule has 9 heteroatoms. The highest BCUT2D eigenvalue weighted by Gasteiger charge is 2.47. The van der Waals surface area contributed by atoms with Crippen LogP contribution in [0.4, 0.5) is 0 Å². The standard InChI is InChI=1S/C25H30ClNO7/c1-7-12(3)34-25(31)19-13(4)27-16-8-11(2)18(24(30)33-6)23(29)21(16)20(19)14-9-15(26)22(28)17(10-14)32-5/h9-12,18,20,27-28H,7-8H2,1-6H3/t11-,12+,18+,20+/m0/s1. The number of rotatable bonds is 6. The van der Waals surface area contributed by atoms with E-state index in [1.165, 1.54) is 26.4 Å². The second-order valence-electron chi connectivity index (χ2n) is 8.71. The number of esters is 2. The van der Waals surface area contributed by atoms with E-state index in [0.29, 0.717) is 29.8 Å². The SMILES string of the molecule is CC[C@@H](C)OC(=O)C1=C(C)NC2=C(C(=O)[C@H](C(=O)OC)[C@@H](C)C2)[C@@H]1c1cc(Cl)c(O)c(OC)c1. The third kappa shape index (κ3) is 4.51. The number of methoxy groups -OCH3 is 2. The molecule has 0 spiro atoms. The number of aromatic hydroxyl groups is 1. The molecule has 0 bridgehead atoms. The number of ketones is 1. The summed E-state index contributed by atoms with van der Waals surface area (Å²) < 4.78 is 15.8. The van der Waals surface area contributed by atoms with Crippen LogP contribution in [0, 0.1) is 11.8 Å². The molecular formula is C25H30ClNO7. The molecule has 0 unspecified atom stereocenters. The molecule has 0 fully saturated rings. The minimum Gasteiger partial charge on any atom is -0.503 e. The van der Waals surface area contributed by atoms with Gasteiger partial charge in [-0.3, -0.25) is 9.59 Å². The fourth-order valence-corrected chi connectivity index (χ4v) is 4.75. The van der Waals surface area contributed by atoms with E-state index >= 15 is 0 Å². The van der Waals surface area contributed by atoms with E-state index in [2.05, 4.69) is 5.32 Å². The Kier molecular flexibility index (Phi) is 7.60. The number of phenolic OH excluding ortho intramolecular Hbond substituents is 1. The van der Waals surface area contributed by atoms with Gasteiger partial charge in [-0.15, -0.1) is 0 Å². The highest BCUT2D eigenvalue weighted by atomic mass is 35.5. The Hall–Kier alpha value is -3.00. The number of ether oxygens (including phenoxy) is 3. The number of Topliss-reactive ketones (excluding diaryl/α,β-unsaturated/α-hetero) is 1. The van der Waals surface area contributed by atoms with Gasteiger partial charge in [-0.25, -0.2) is 4.79 Å². The van der Waals surface area contributed by atoms with E-state index in [1.54, 1.807) is 13.8 Å². The fourth-order valence-electron chi connectivity index (χ4n) is 4.53. The van der Waals surface area contributed by atoms with Gasteiger partial charge < -0.3 is 24.6 Å². The second-order valence-corrected chi connectivity index (χ2v) is 9.12. The van der Waals surface area contributed by atoms with E-state index in [0.717, 1.165) is 0 Å². The Morgan fingerprint density at radius 2 is 1.97 bits per heavy atom. The molecule has 4 atom stereocenters. The lowest BCUT2D eigenvalue weighted by molar-refractivity contribution is -0.151. The summed E-state index contributed by atoms with van der Waals surface area (Å²) in [4.78, 5) is 39.6. The number of carbonyl (C=O) groups is 3. The summed E-state index contributed by atoms with van der Waals surface area (Å²) in [6.45, 7) is 7.23. The first-order chi connectivity index (χ1) is 16.0. The maximum absolute atomic E-state index is 13.7. The van der Waals surface area contributed by atoms with Crippen molar-refractivity contribution in [2.75, 3.05) is 14.2 Å².